The lowest BCUT2D eigenvalue weighted by Crippen LogP contribution is -2.23. The number of hydrogen-bond acceptors (Lipinski definition) is 1. The minimum Gasteiger partial charge on any atom is -0.300 e. The molecule has 0 saturated heterocycles. The highest BCUT2D eigenvalue weighted by Gasteiger charge is 2.10. The van der Waals surface area contributed by atoms with Crippen LogP contribution >= 0.6 is 12.4 Å². The van der Waals surface area contributed by atoms with Gasteiger partial charge >= 0.3 is 0 Å². The first-order valence-corrected chi connectivity index (χ1v) is 12.5. The van der Waals surface area contributed by atoms with Gasteiger partial charge in [0.05, 0.1) is 0 Å². The van der Waals surface area contributed by atoms with E-state index < -0.39 is 0 Å². The number of rotatable bonds is 19. The van der Waals surface area contributed by atoms with Crippen molar-refractivity contribution in [2.75, 3.05) is 13.6 Å². The summed E-state index contributed by atoms with van der Waals surface area (Å²) in [6.07, 6.45) is 23.1. The zero-order chi connectivity index (χ0) is 20.3. The molecule has 0 N–H and O–H groups in total. The molecule has 0 saturated carbocycles. The van der Waals surface area contributed by atoms with Gasteiger partial charge in [0.15, 0.2) is 0 Å². The molecule has 2 heteroatoms. The summed E-state index contributed by atoms with van der Waals surface area (Å²) in [5.74, 6) is 0. The van der Waals surface area contributed by atoms with E-state index in [1.54, 1.807) is 0 Å². The van der Waals surface area contributed by atoms with E-state index in [9.17, 15) is 0 Å². The van der Waals surface area contributed by atoms with Crippen molar-refractivity contribution in [3.8, 4) is 0 Å². The topological polar surface area (TPSA) is 3.24 Å². The van der Waals surface area contributed by atoms with Crippen molar-refractivity contribution in [1.29, 1.82) is 0 Å². The lowest BCUT2D eigenvalue weighted by Gasteiger charge is -2.25. The summed E-state index contributed by atoms with van der Waals surface area (Å²) in [7, 11) is 2.27. The molecule has 0 aliphatic carbocycles. The minimum atomic E-state index is 0. The molecule has 1 aromatic carbocycles. The van der Waals surface area contributed by atoms with Crippen LogP contribution in [0.2, 0.25) is 0 Å². The Balaban J connectivity index is 0.00000784. The fourth-order valence-electron chi connectivity index (χ4n) is 4.09. The molecule has 170 valence electrons. The first-order chi connectivity index (χ1) is 13.8. The van der Waals surface area contributed by atoms with E-state index in [1.807, 2.05) is 0 Å². The Morgan fingerprint density at radius 1 is 0.621 bits per heavy atom. The molecule has 29 heavy (non-hydrogen) atoms. The van der Waals surface area contributed by atoms with Crippen LogP contribution in [0.15, 0.2) is 30.3 Å². The second-order valence-electron chi connectivity index (χ2n) is 8.87. The van der Waals surface area contributed by atoms with Crippen molar-refractivity contribution in [2.45, 2.75) is 123 Å². The van der Waals surface area contributed by atoms with Gasteiger partial charge in [0, 0.05) is 6.04 Å². The molecule has 0 radical (unpaired) electrons. The van der Waals surface area contributed by atoms with Crippen molar-refractivity contribution in [3.63, 3.8) is 0 Å². The summed E-state index contributed by atoms with van der Waals surface area (Å²) in [6.45, 7) is 5.84. The Morgan fingerprint density at radius 3 is 1.41 bits per heavy atom. The molecule has 0 aliphatic rings. The molecule has 0 spiro atoms. The third kappa shape index (κ3) is 15.9. The molecule has 0 fully saturated rings. The van der Waals surface area contributed by atoms with Gasteiger partial charge < -0.3 is 0 Å². The highest BCUT2D eigenvalue weighted by Crippen LogP contribution is 2.19. The van der Waals surface area contributed by atoms with Crippen LogP contribution in [-0.2, 0) is 0 Å². The summed E-state index contributed by atoms with van der Waals surface area (Å²) in [5.41, 5.74) is 1.43. The molecule has 1 atom stereocenters. The van der Waals surface area contributed by atoms with Crippen LogP contribution in [0, 0.1) is 0 Å². The highest BCUT2D eigenvalue weighted by molar-refractivity contribution is 5.85. The van der Waals surface area contributed by atoms with E-state index in [0.29, 0.717) is 6.04 Å². The van der Waals surface area contributed by atoms with Crippen molar-refractivity contribution in [2.24, 2.45) is 0 Å². The molecule has 1 nitrogen and oxygen atoms in total. The average Bonchev–Trinajstić information content (AvgIpc) is 2.73. The summed E-state index contributed by atoms with van der Waals surface area (Å²) < 4.78 is 0. The normalized spacial score (nSPS) is 12.1. The predicted octanol–water partition coefficient (Wildman–Crippen LogP) is 9.36. The van der Waals surface area contributed by atoms with Crippen LogP contribution in [0.3, 0.4) is 0 Å². The Hall–Kier alpha value is -0.530. The average molecular weight is 424 g/mol. The number of halogens is 1. The van der Waals surface area contributed by atoms with E-state index in [2.05, 4.69) is 56.1 Å². The van der Waals surface area contributed by atoms with Gasteiger partial charge in [0.1, 0.15) is 0 Å². The van der Waals surface area contributed by atoms with Crippen LogP contribution in [0.4, 0.5) is 0 Å². The van der Waals surface area contributed by atoms with Crippen LogP contribution < -0.4 is 0 Å². The van der Waals surface area contributed by atoms with Crippen LogP contribution in [0.1, 0.15) is 128 Å². The van der Waals surface area contributed by atoms with E-state index >= 15 is 0 Å². The SMILES string of the molecule is CCCCCCCCCCCCCCCCCCN(C)C(C)c1ccccc1.Cl. The Morgan fingerprint density at radius 2 is 1.00 bits per heavy atom. The van der Waals surface area contributed by atoms with Crippen molar-refractivity contribution < 1.29 is 0 Å². The van der Waals surface area contributed by atoms with Gasteiger partial charge in [0.25, 0.3) is 0 Å². The summed E-state index contributed by atoms with van der Waals surface area (Å²) in [5, 5.41) is 0. The predicted molar refractivity (Wildman–Crippen MR) is 134 cm³/mol. The maximum Gasteiger partial charge on any atom is 0.0316 e. The number of unbranched alkanes of at least 4 members (excludes halogenated alkanes) is 15. The van der Waals surface area contributed by atoms with Crippen molar-refractivity contribution in [3.05, 3.63) is 35.9 Å². The molecule has 0 aromatic heterocycles. The Bertz CT molecular complexity index is 433. The summed E-state index contributed by atoms with van der Waals surface area (Å²) in [4.78, 5) is 2.50. The molecule has 1 aromatic rings. The number of benzene rings is 1. The van der Waals surface area contributed by atoms with E-state index in [0.717, 1.165) is 0 Å². The molecule has 0 aliphatic heterocycles. The van der Waals surface area contributed by atoms with E-state index in [-0.39, 0.29) is 12.4 Å². The van der Waals surface area contributed by atoms with Gasteiger partial charge in [-0.25, -0.2) is 0 Å². The monoisotopic (exact) mass is 423 g/mol. The minimum absolute atomic E-state index is 0. The largest absolute Gasteiger partial charge is 0.300 e. The Labute approximate surface area is 189 Å². The highest BCUT2D eigenvalue weighted by atomic mass is 35.5. The Kier molecular flexibility index (Phi) is 20.4. The van der Waals surface area contributed by atoms with Gasteiger partial charge in [-0.1, -0.05) is 134 Å². The van der Waals surface area contributed by atoms with E-state index in [1.165, 1.54) is 115 Å². The van der Waals surface area contributed by atoms with Crippen LogP contribution in [0.25, 0.3) is 0 Å². The molecule has 1 unspecified atom stereocenters. The van der Waals surface area contributed by atoms with Gasteiger partial charge in [-0.3, -0.25) is 4.90 Å². The van der Waals surface area contributed by atoms with Crippen molar-refractivity contribution >= 4 is 12.4 Å². The molecular formula is C27H50ClN. The second kappa shape index (κ2) is 20.7. The lowest BCUT2D eigenvalue weighted by atomic mass is 10.0. The standard InChI is InChI=1S/C27H49N.ClH/c1-4-5-6-7-8-9-10-11-12-13-14-15-16-17-18-22-25-28(3)26(2)27-23-20-19-21-24-27;/h19-21,23-24,26H,4-18,22,25H2,1-3H3;1H. The van der Waals surface area contributed by atoms with E-state index in [4.69, 9.17) is 0 Å². The second-order valence-corrected chi connectivity index (χ2v) is 8.87. The van der Waals surface area contributed by atoms with Crippen LogP contribution in [-0.4, -0.2) is 18.5 Å². The van der Waals surface area contributed by atoms with Gasteiger partial charge in [-0.15, -0.1) is 12.4 Å². The molecule has 1 rings (SSSR count). The van der Waals surface area contributed by atoms with Crippen LogP contribution in [0.5, 0.6) is 0 Å². The smallest absolute Gasteiger partial charge is 0.0316 e. The zero-order valence-corrected chi connectivity index (χ0v) is 20.7. The lowest BCUT2D eigenvalue weighted by molar-refractivity contribution is 0.255. The summed E-state index contributed by atoms with van der Waals surface area (Å²) in [6, 6.07) is 11.4. The number of hydrogen-bond donors (Lipinski definition) is 0. The van der Waals surface area contributed by atoms with Gasteiger partial charge in [-0.05, 0) is 32.5 Å². The van der Waals surface area contributed by atoms with Gasteiger partial charge in [-0.2, -0.15) is 0 Å². The summed E-state index contributed by atoms with van der Waals surface area (Å²) >= 11 is 0. The van der Waals surface area contributed by atoms with Crippen molar-refractivity contribution in [1.82, 2.24) is 4.90 Å². The first kappa shape index (κ1) is 28.5. The fraction of sp³-hybridized carbons (Fsp3) is 0.778. The molecular weight excluding hydrogens is 374 g/mol. The fourth-order valence-corrected chi connectivity index (χ4v) is 4.09. The maximum absolute atomic E-state index is 2.50. The third-order valence-electron chi connectivity index (χ3n) is 6.31. The van der Waals surface area contributed by atoms with Gasteiger partial charge in [0.2, 0.25) is 0 Å². The maximum atomic E-state index is 2.50. The molecule has 0 amide bonds. The third-order valence-corrected chi connectivity index (χ3v) is 6.31. The zero-order valence-electron chi connectivity index (χ0n) is 19.8. The molecule has 0 bridgehead atoms. The quantitative estimate of drug-likeness (QED) is 0.200. The molecule has 0 heterocycles. The number of nitrogens with zero attached hydrogens (tertiary/aromatic N) is 1. The first-order valence-electron chi connectivity index (χ1n) is 12.5.